The lowest BCUT2D eigenvalue weighted by atomic mass is 9.74. The van der Waals surface area contributed by atoms with E-state index in [2.05, 4.69) is 5.32 Å². The van der Waals surface area contributed by atoms with Gasteiger partial charge < -0.3 is 11.1 Å². The van der Waals surface area contributed by atoms with E-state index in [0.717, 1.165) is 19.4 Å². The third kappa shape index (κ3) is 3.77. The molecule has 4 nitrogen and oxygen atoms in total. The molecule has 21 heavy (non-hydrogen) atoms. The Morgan fingerprint density at radius 2 is 1.86 bits per heavy atom. The molecule has 1 saturated carbocycles. The highest BCUT2D eigenvalue weighted by Crippen LogP contribution is 2.36. The summed E-state index contributed by atoms with van der Waals surface area (Å²) in [7, 11) is -3.20. The van der Waals surface area contributed by atoms with Crippen molar-refractivity contribution in [1.29, 1.82) is 0 Å². The Kier molecular flexibility index (Phi) is 5.27. The van der Waals surface area contributed by atoms with Crippen LogP contribution in [-0.2, 0) is 9.84 Å². The van der Waals surface area contributed by atoms with E-state index in [1.165, 1.54) is 19.3 Å². The molecule has 0 heterocycles. The van der Waals surface area contributed by atoms with Crippen molar-refractivity contribution in [2.45, 2.75) is 43.9 Å². The molecule has 1 fully saturated rings. The van der Waals surface area contributed by atoms with Crippen LogP contribution in [0.1, 0.15) is 39.0 Å². The summed E-state index contributed by atoms with van der Waals surface area (Å²) in [5.74, 6) is 0.119. The van der Waals surface area contributed by atoms with Crippen LogP contribution in [-0.4, -0.2) is 27.3 Å². The van der Waals surface area contributed by atoms with Crippen LogP contribution >= 0.6 is 0 Å². The number of hydrogen-bond acceptors (Lipinski definition) is 4. The monoisotopic (exact) mass is 310 g/mol. The zero-order valence-corrected chi connectivity index (χ0v) is 13.6. The lowest BCUT2D eigenvalue weighted by Gasteiger charge is -2.36. The van der Waals surface area contributed by atoms with Gasteiger partial charge in [0.15, 0.2) is 9.84 Å². The molecule has 1 aromatic rings. The van der Waals surface area contributed by atoms with Gasteiger partial charge in [-0.05, 0) is 36.9 Å². The molecule has 0 aromatic heterocycles. The zero-order valence-electron chi connectivity index (χ0n) is 12.8. The molecule has 118 valence electrons. The molecule has 0 spiro atoms. The van der Waals surface area contributed by atoms with Crippen LogP contribution in [0, 0.1) is 5.41 Å². The second-order valence-corrected chi connectivity index (χ2v) is 8.26. The summed E-state index contributed by atoms with van der Waals surface area (Å²) in [5, 5.41) is 3.36. The van der Waals surface area contributed by atoms with E-state index in [0.29, 0.717) is 17.1 Å². The van der Waals surface area contributed by atoms with Crippen molar-refractivity contribution in [2.24, 2.45) is 11.1 Å². The Labute approximate surface area is 128 Å². The average Bonchev–Trinajstić information content (AvgIpc) is 2.54. The summed E-state index contributed by atoms with van der Waals surface area (Å²) in [4.78, 5) is 0.399. The predicted molar refractivity (Wildman–Crippen MR) is 87.2 cm³/mol. The van der Waals surface area contributed by atoms with Crippen LogP contribution in [0.5, 0.6) is 0 Å². The van der Waals surface area contributed by atoms with E-state index in [9.17, 15) is 8.42 Å². The first-order valence-electron chi connectivity index (χ1n) is 7.79. The van der Waals surface area contributed by atoms with Gasteiger partial charge in [-0.15, -0.1) is 0 Å². The minimum Gasteiger partial charge on any atom is -0.383 e. The molecule has 3 N–H and O–H groups in total. The fourth-order valence-electron chi connectivity index (χ4n) is 3.08. The highest BCUT2D eigenvalue weighted by atomic mass is 32.2. The fourth-order valence-corrected chi connectivity index (χ4v) is 4.15. The third-order valence-corrected chi connectivity index (χ3v) is 6.39. The smallest absolute Gasteiger partial charge is 0.180 e. The number of nitrogens with two attached hydrogens (primary N) is 1. The van der Waals surface area contributed by atoms with Crippen molar-refractivity contribution in [2.75, 3.05) is 24.2 Å². The molecule has 0 bridgehead atoms. The second-order valence-electron chi connectivity index (χ2n) is 6.02. The normalized spacial score (nSPS) is 18.4. The number of hydrogen-bond donors (Lipinski definition) is 2. The van der Waals surface area contributed by atoms with E-state index in [1.807, 2.05) is 12.1 Å². The fraction of sp³-hybridized carbons (Fsp3) is 0.625. The quantitative estimate of drug-likeness (QED) is 0.847. The van der Waals surface area contributed by atoms with Gasteiger partial charge in [0.2, 0.25) is 0 Å². The van der Waals surface area contributed by atoms with Gasteiger partial charge in [0.25, 0.3) is 0 Å². The Morgan fingerprint density at radius 1 is 1.19 bits per heavy atom. The summed E-state index contributed by atoms with van der Waals surface area (Å²) >= 11 is 0. The number of benzene rings is 1. The Balaban J connectivity index is 2.17. The molecule has 1 aliphatic rings. The maximum Gasteiger partial charge on any atom is 0.180 e. The van der Waals surface area contributed by atoms with E-state index in [-0.39, 0.29) is 11.2 Å². The van der Waals surface area contributed by atoms with Gasteiger partial charge in [-0.3, -0.25) is 0 Å². The van der Waals surface area contributed by atoms with Crippen LogP contribution in [0.3, 0.4) is 0 Å². The summed E-state index contributed by atoms with van der Waals surface area (Å²) < 4.78 is 24.3. The van der Waals surface area contributed by atoms with Crippen molar-refractivity contribution in [1.82, 2.24) is 0 Å². The van der Waals surface area contributed by atoms with Gasteiger partial charge in [-0.25, -0.2) is 8.42 Å². The Bertz CT molecular complexity index is 563. The van der Waals surface area contributed by atoms with E-state index in [4.69, 9.17) is 5.73 Å². The van der Waals surface area contributed by atoms with E-state index >= 15 is 0 Å². The molecule has 5 heteroatoms. The van der Waals surface area contributed by atoms with Gasteiger partial charge in [-0.1, -0.05) is 38.3 Å². The molecular weight excluding hydrogens is 284 g/mol. The van der Waals surface area contributed by atoms with Gasteiger partial charge in [0.05, 0.1) is 16.3 Å². The zero-order chi connectivity index (χ0) is 15.3. The van der Waals surface area contributed by atoms with Crippen LogP contribution in [0.15, 0.2) is 29.2 Å². The average molecular weight is 310 g/mol. The molecule has 2 rings (SSSR count). The van der Waals surface area contributed by atoms with Crippen molar-refractivity contribution >= 4 is 15.5 Å². The molecule has 0 atom stereocenters. The molecule has 1 aromatic carbocycles. The highest BCUT2D eigenvalue weighted by molar-refractivity contribution is 7.91. The molecule has 0 amide bonds. The molecular formula is C16H26N2O2S. The first-order valence-corrected chi connectivity index (χ1v) is 9.44. The Morgan fingerprint density at radius 3 is 2.48 bits per heavy atom. The lowest BCUT2D eigenvalue weighted by Crippen LogP contribution is -2.39. The van der Waals surface area contributed by atoms with E-state index < -0.39 is 9.84 Å². The Hall–Kier alpha value is -1.07. The van der Waals surface area contributed by atoms with Gasteiger partial charge in [0.1, 0.15) is 0 Å². The molecule has 0 saturated heterocycles. The molecule has 0 aliphatic heterocycles. The number of anilines is 1. The lowest BCUT2D eigenvalue weighted by molar-refractivity contribution is 0.215. The van der Waals surface area contributed by atoms with Gasteiger partial charge in [0, 0.05) is 6.54 Å². The highest BCUT2D eigenvalue weighted by Gasteiger charge is 2.30. The summed E-state index contributed by atoms with van der Waals surface area (Å²) in [6, 6.07) is 7.16. The van der Waals surface area contributed by atoms with Gasteiger partial charge in [-0.2, -0.15) is 0 Å². The summed E-state index contributed by atoms with van der Waals surface area (Å²) in [5.41, 5.74) is 6.81. The maximum absolute atomic E-state index is 12.2. The third-order valence-electron chi connectivity index (χ3n) is 4.60. The number of para-hydroxylation sites is 1. The molecule has 1 aliphatic carbocycles. The topological polar surface area (TPSA) is 72.2 Å². The number of sulfone groups is 1. The van der Waals surface area contributed by atoms with Crippen molar-refractivity contribution in [3.8, 4) is 0 Å². The molecule has 0 radical (unpaired) electrons. The van der Waals surface area contributed by atoms with E-state index in [1.54, 1.807) is 19.1 Å². The first-order chi connectivity index (χ1) is 10.0. The van der Waals surface area contributed by atoms with Crippen molar-refractivity contribution in [3.05, 3.63) is 24.3 Å². The standard InChI is InChI=1S/C16H26N2O2S/c1-2-21(19,20)15-9-5-4-8-14(15)18-13-16(12-17)10-6-3-7-11-16/h4-5,8-9,18H,2-3,6-7,10-13,17H2,1H3. The summed E-state index contributed by atoms with van der Waals surface area (Å²) in [6.45, 7) is 3.08. The largest absolute Gasteiger partial charge is 0.383 e. The van der Waals surface area contributed by atoms with Crippen molar-refractivity contribution in [3.63, 3.8) is 0 Å². The first kappa shape index (κ1) is 16.3. The van der Waals surface area contributed by atoms with Crippen LogP contribution < -0.4 is 11.1 Å². The minimum atomic E-state index is -3.20. The number of nitrogens with one attached hydrogen (secondary N) is 1. The predicted octanol–water partition coefficient (Wildman–Crippen LogP) is 2.80. The minimum absolute atomic E-state index is 0.112. The van der Waals surface area contributed by atoms with Crippen LogP contribution in [0.4, 0.5) is 5.69 Å². The number of rotatable bonds is 6. The second kappa shape index (κ2) is 6.79. The molecule has 0 unspecified atom stereocenters. The maximum atomic E-state index is 12.2. The van der Waals surface area contributed by atoms with Crippen molar-refractivity contribution < 1.29 is 8.42 Å². The van der Waals surface area contributed by atoms with Gasteiger partial charge >= 0.3 is 0 Å². The summed E-state index contributed by atoms with van der Waals surface area (Å²) in [6.07, 6.45) is 5.96. The SMILES string of the molecule is CCS(=O)(=O)c1ccccc1NCC1(CN)CCCCC1. The van der Waals surface area contributed by atoms with Crippen LogP contribution in [0.25, 0.3) is 0 Å². The van der Waals surface area contributed by atoms with Crippen LogP contribution in [0.2, 0.25) is 0 Å².